The molecule has 0 spiro atoms. The molecular weight excluding hydrogens is 298 g/mol. The lowest BCUT2D eigenvalue weighted by Gasteiger charge is -2.13. The zero-order valence-electron chi connectivity index (χ0n) is 11.4. The summed E-state index contributed by atoms with van der Waals surface area (Å²) in [6.07, 6.45) is 0. The molecule has 3 N–H and O–H groups in total. The molecule has 21 heavy (non-hydrogen) atoms. The maximum absolute atomic E-state index is 13.9. The van der Waals surface area contributed by atoms with E-state index >= 15 is 0 Å². The molecule has 0 saturated carbocycles. The molecule has 0 saturated heterocycles. The number of rotatable bonds is 3. The number of benzene rings is 2. The van der Waals surface area contributed by atoms with E-state index in [1.165, 1.54) is 32.0 Å². The predicted octanol–water partition coefficient (Wildman–Crippen LogP) is 2.96. The van der Waals surface area contributed by atoms with Crippen molar-refractivity contribution in [1.29, 1.82) is 0 Å². The third kappa shape index (κ3) is 2.82. The number of anilines is 2. The Balaban J connectivity index is 2.53. The average molecular weight is 312 g/mol. The van der Waals surface area contributed by atoms with E-state index in [0.29, 0.717) is 5.56 Å². The smallest absolute Gasteiger partial charge is 0.262 e. The van der Waals surface area contributed by atoms with Crippen LogP contribution in [0.15, 0.2) is 35.2 Å². The fourth-order valence-corrected chi connectivity index (χ4v) is 3.21. The number of nitrogen functional groups attached to an aromatic ring is 1. The SMILES string of the molecule is Cc1ccc(F)c(NS(=O)(=O)c2cccc(N)c2C)c1F. The number of aryl methyl sites for hydroxylation is 1. The number of hydrogen-bond acceptors (Lipinski definition) is 3. The van der Waals surface area contributed by atoms with Crippen LogP contribution in [0.2, 0.25) is 0 Å². The van der Waals surface area contributed by atoms with E-state index < -0.39 is 27.3 Å². The summed E-state index contributed by atoms with van der Waals surface area (Å²) >= 11 is 0. The standard InChI is InChI=1S/C14H14F2N2O2S/c1-8-6-7-10(15)14(13(8)16)18-21(19,20)12-5-3-4-11(17)9(12)2/h3-7,18H,17H2,1-2H3. The van der Waals surface area contributed by atoms with Gasteiger partial charge in [0, 0.05) is 5.69 Å². The van der Waals surface area contributed by atoms with Gasteiger partial charge in [-0.05, 0) is 43.2 Å². The van der Waals surface area contributed by atoms with Crippen LogP contribution in [0.1, 0.15) is 11.1 Å². The van der Waals surface area contributed by atoms with Crippen LogP contribution in [0.3, 0.4) is 0 Å². The summed E-state index contributed by atoms with van der Waals surface area (Å²) in [5.41, 5.74) is 5.69. The highest BCUT2D eigenvalue weighted by atomic mass is 32.2. The molecule has 0 aromatic heterocycles. The van der Waals surface area contributed by atoms with Crippen LogP contribution in [-0.2, 0) is 10.0 Å². The highest BCUT2D eigenvalue weighted by Crippen LogP contribution is 2.27. The molecule has 0 bridgehead atoms. The summed E-state index contributed by atoms with van der Waals surface area (Å²) in [7, 11) is -4.14. The largest absolute Gasteiger partial charge is 0.398 e. The molecular formula is C14H14F2N2O2S. The molecule has 0 fully saturated rings. The number of hydrogen-bond donors (Lipinski definition) is 2. The first-order valence-corrected chi connectivity index (χ1v) is 7.55. The summed E-state index contributed by atoms with van der Waals surface area (Å²) < 4.78 is 54.1. The van der Waals surface area contributed by atoms with Crippen LogP contribution >= 0.6 is 0 Å². The van der Waals surface area contributed by atoms with Crippen molar-refractivity contribution in [3.63, 3.8) is 0 Å². The Morgan fingerprint density at radius 1 is 1.10 bits per heavy atom. The summed E-state index contributed by atoms with van der Waals surface area (Å²) in [5, 5.41) is 0. The molecule has 2 aromatic rings. The van der Waals surface area contributed by atoms with Crippen molar-refractivity contribution >= 4 is 21.4 Å². The third-order valence-corrected chi connectivity index (χ3v) is 4.63. The lowest BCUT2D eigenvalue weighted by atomic mass is 10.2. The van der Waals surface area contributed by atoms with Gasteiger partial charge in [-0.2, -0.15) is 0 Å². The van der Waals surface area contributed by atoms with Gasteiger partial charge in [0.2, 0.25) is 0 Å². The van der Waals surface area contributed by atoms with Gasteiger partial charge in [0.15, 0.2) is 5.82 Å². The first-order valence-electron chi connectivity index (χ1n) is 6.06. The second-order valence-corrected chi connectivity index (χ2v) is 6.28. The molecule has 2 rings (SSSR count). The van der Waals surface area contributed by atoms with Gasteiger partial charge in [0.25, 0.3) is 10.0 Å². The minimum absolute atomic E-state index is 0.122. The van der Waals surface area contributed by atoms with E-state index in [9.17, 15) is 17.2 Å². The molecule has 2 aromatic carbocycles. The molecule has 0 unspecified atom stereocenters. The van der Waals surface area contributed by atoms with Crippen LogP contribution < -0.4 is 10.5 Å². The molecule has 0 heterocycles. The van der Waals surface area contributed by atoms with E-state index in [0.717, 1.165) is 6.07 Å². The number of sulfonamides is 1. The first kappa shape index (κ1) is 15.2. The molecule has 0 atom stereocenters. The van der Waals surface area contributed by atoms with E-state index in [1.54, 1.807) is 6.07 Å². The number of nitrogens with one attached hydrogen (secondary N) is 1. The van der Waals surface area contributed by atoms with Crippen molar-refractivity contribution in [3.8, 4) is 0 Å². The Morgan fingerprint density at radius 3 is 2.43 bits per heavy atom. The van der Waals surface area contributed by atoms with Gasteiger partial charge < -0.3 is 5.73 Å². The fourth-order valence-electron chi connectivity index (χ4n) is 1.86. The van der Waals surface area contributed by atoms with Gasteiger partial charge in [0.1, 0.15) is 11.5 Å². The molecule has 0 aliphatic heterocycles. The van der Waals surface area contributed by atoms with E-state index in [2.05, 4.69) is 0 Å². The normalized spacial score (nSPS) is 11.4. The predicted molar refractivity (Wildman–Crippen MR) is 77.5 cm³/mol. The summed E-state index contributed by atoms with van der Waals surface area (Å²) in [6.45, 7) is 2.94. The van der Waals surface area contributed by atoms with Crippen LogP contribution in [0.5, 0.6) is 0 Å². The molecule has 0 aliphatic rings. The van der Waals surface area contributed by atoms with Crippen molar-refractivity contribution in [3.05, 3.63) is 53.1 Å². The van der Waals surface area contributed by atoms with Gasteiger partial charge in [-0.3, -0.25) is 4.72 Å². The van der Waals surface area contributed by atoms with E-state index in [-0.39, 0.29) is 16.1 Å². The van der Waals surface area contributed by atoms with Crippen molar-refractivity contribution < 1.29 is 17.2 Å². The lowest BCUT2D eigenvalue weighted by molar-refractivity contribution is 0.578. The fraction of sp³-hybridized carbons (Fsp3) is 0.143. The molecule has 0 aliphatic carbocycles. The summed E-state index contributed by atoms with van der Waals surface area (Å²) in [6, 6.07) is 6.55. The Bertz CT molecular complexity index is 805. The monoisotopic (exact) mass is 312 g/mol. The third-order valence-electron chi connectivity index (χ3n) is 3.14. The number of nitrogens with two attached hydrogens (primary N) is 1. The Morgan fingerprint density at radius 2 is 1.76 bits per heavy atom. The first-order chi connectivity index (χ1) is 9.74. The molecule has 4 nitrogen and oxygen atoms in total. The Kier molecular flexibility index (Phi) is 3.87. The minimum Gasteiger partial charge on any atom is -0.398 e. The van der Waals surface area contributed by atoms with Crippen LogP contribution in [-0.4, -0.2) is 8.42 Å². The minimum atomic E-state index is -4.14. The Labute approximate surface area is 121 Å². The van der Waals surface area contributed by atoms with Gasteiger partial charge >= 0.3 is 0 Å². The van der Waals surface area contributed by atoms with Crippen molar-refractivity contribution in [1.82, 2.24) is 0 Å². The molecule has 0 amide bonds. The van der Waals surface area contributed by atoms with Crippen LogP contribution in [0.4, 0.5) is 20.2 Å². The van der Waals surface area contributed by atoms with Crippen LogP contribution in [0, 0.1) is 25.5 Å². The number of halogens is 2. The maximum Gasteiger partial charge on any atom is 0.262 e. The molecule has 0 radical (unpaired) electrons. The molecule has 7 heteroatoms. The zero-order chi connectivity index (χ0) is 15.8. The summed E-state index contributed by atoms with van der Waals surface area (Å²) in [5.74, 6) is -1.93. The van der Waals surface area contributed by atoms with Gasteiger partial charge in [-0.25, -0.2) is 17.2 Å². The van der Waals surface area contributed by atoms with Gasteiger partial charge in [0.05, 0.1) is 4.90 Å². The second-order valence-electron chi connectivity index (χ2n) is 4.63. The lowest BCUT2D eigenvalue weighted by Crippen LogP contribution is -2.17. The average Bonchev–Trinajstić information content (AvgIpc) is 2.42. The maximum atomic E-state index is 13.9. The van der Waals surface area contributed by atoms with Crippen molar-refractivity contribution in [2.45, 2.75) is 18.7 Å². The van der Waals surface area contributed by atoms with Gasteiger partial charge in [-0.15, -0.1) is 0 Å². The Hall–Kier alpha value is -2.15. The van der Waals surface area contributed by atoms with Crippen molar-refractivity contribution in [2.24, 2.45) is 0 Å². The molecule has 112 valence electrons. The highest BCUT2D eigenvalue weighted by molar-refractivity contribution is 7.92. The van der Waals surface area contributed by atoms with Gasteiger partial charge in [-0.1, -0.05) is 12.1 Å². The van der Waals surface area contributed by atoms with E-state index in [4.69, 9.17) is 5.73 Å². The van der Waals surface area contributed by atoms with Crippen molar-refractivity contribution in [2.75, 3.05) is 10.5 Å². The summed E-state index contributed by atoms with van der Waals surface area (Å²) in [4.78, 5) is -0.122. The second kappa shape index (κ2) is 5.33. The topological polar surface area (TPSA) is 72.2 Å². The van der Waals surface area contributed by atoms with Crippen LogP contribution in [0.25, 0.3) is 0 Å². The highest BCUT2D eigenvalue weighted by Gasteiger charge is 2.22. The van der Waals surface area contributed by atoms with E-state index in [1.807, 2.05) is 4.72 Å². The quantitative estimate of drug-likeness (QED) is 0.856. The zero-order valence-corrected chi connectivity index (χ0v) is 12.3.